The first-order chi connectivity index (χ1) is 13.1. The normalized spacial score (nSPS) is 21.2. The predicted octanol–water partition coefficient (Wildman–Crippen LogP) is 3.36. The maximum Gasteiger partial charge on any atom is 0.203 e. The van der Waals surface area contributed by atoms with Gasteiger partial charge in [0.05, 0.1) is 6.04 Å². The number of nitrogens with one attached hydrogen (secondary N) is 2. The van der Waals surface area contributed by atoms with Gasteiger partial charge in [-0.05, 0) is 47.9 Å². The summed E-state index contributed by atoms with van der Waals surface area (Å²) >= 11 is -1.000. The summed E-state index contributed by atoms with van der Waals surface area (Å²) in [5.74, 6) is 2.01. The van der Waals surface area contributed by atoms with Gasteiger partial charge in [0, 0.05) is 24.0 Å². The molecule has 2 aromatic carbocycles. The maximum atomic E-state index is 12.1. The Kier molecular flexibility index (Phi) is 4.92. The van der Waals surface area contributed by atoms with Crippen molar-refractivity contribution in [1.82, 2.24) is 5.32 Å². The SMILES string of the molecule is Cc1ccccc1NC1=NC(N(C)c2ccccc2)=C2C[S+]([O-])C=CC2N1. The number of rotatable bonds is 3. The van der Waals surface area contributed by atoms with Crippen molar-refractivity contribution >= 4 is 28.5 Å². The quantitative estimate of drug-likeness (QED) is 0.804. The Bertz CT molecular complexity index is 923. The van der Waals surface area contributed by atoms with Crippen LogP contribution in [-0.4, -0.2) is 29.4 Å². The monoisotopic (exact) mass is 378 g/mol. The van der Waals surface area contributed by atoms with Crippen LogP contribution in [0, 0.1) is 6.92 Å². The summed E-state index contributed by atoms with van der Waals surface area (Å²) < 4.78 is 12.1. The molecule has 2 N–H and O–H groups in total. The number of benzene rings is 2. The van der Waals surface area contributed by atoms with Crippen molar-refractivity contribution in [2.75, 3.05) is 23.0 Å². The molecule has 0 fully saturated rings. The number of guanidine groups is 1. The highest BCUT2D eigenvalue weighted by atomic mass is 32.2. The fourth-order valence-corrected chi connectivity index (χ4v) is 4.28. The van der Waals surface area contributed by atoms with Crippen LogP contribution >= 0.6 is 0 Å². The molecule has 4 rings (SSSR count). The molecule has 0 bridgehead atoms. The van der Waals surface area contributed by atoms with Crippen LogP contribution in [-0.2, 0) is 11.2 Å². The van der Waals surface area contributed by atoms with Gasteiger partial charge >= 0.3 is 0 Å². The van der Waals surface area contributed by atoms with E-state index in [2.05, 4.69) is 28.5 Å². The highest BCUT2D eigenvalue weighted by Gasteiger charge is 2.31. The van der Waals surface area contributed by atoms with Gasteiger partial charge in [-0.3, -0.25) is 0 Å². The van der Waals surface area contributed by atoms with Gasteiger partial charge in [-0.15, -0.1) is 0 Å². The Morgan fingerprint density at radius 2 is 1.89 bits per heavy atom. The van der Waals surface area contributed by atoms with E-state index in [4.69, 9.17) is 4.99 Å². The molecule has 2 heterocycles. The average Bonchev–Trinajstić information content (AvgIpc) is 2.69. The molecular formula is C21H22N4OS. The number of fused-ring (bicyclic) bond motifs is 1. The summed E-state index contributed by atoms with van der Waals surface area (Å²) in [7, 11) is 2.00. The molecular weight excluding hydrogens is 356 g/mol. The molecule has 0 saturated carbocycles. The third-order valence-electron chi connectivity index (χ3n) is 4.75. The minimum atomic E-state index is -1.000. The van der Waals surface area contributed by atoms with Crippen molar-refractivity contribution in [1.29, 1.82) is 0 Å². The van der Waals surface area contributed by atoms with E-state index in [0.717, 1.165) is 28.3 Å². The third kappa shape index (κ3) is 3.72. The zero-order valence-corrected chi connectivity index (χ0v) is 16.2. The van der Waals surface area contributed by atoms with Gasteiger partial charge < -0.3 is 20.1 Å². The predicted molar refractivity (Wildman–Crippen MR) is 113 cm³/mol. The molecule has 5 nitrogen and oxygen atoms in total. The second-order valence-electron chi connectivity index (χ2n) is 6.62. The van der Waals surface area contributed by atoms with Crippen LogP contribution in [0.5, 0.6) is 0 Å². The van der Waals surface area contributed by atoms with Gasteiger partial charge in [0.25, 0.3) is 0 Å². The lowest BCUT2D eigenvalue weighted by atomic mass is 10.1. The molecule has 2 aliphatic heterocycles. The van der Waals surface area contributed by atoms with Gasteiger partial charge in [0.1, 0.15) is 17.0 Å². The van der Waals surface area contributed by atoms with Crippen LogP contribution in [0.15, 0.2) is 82.5 Å². The summed E-state index contributed by atoms with van der Waals surface area (Å²) in [5.41, 5.74) is 4.24. The molecule has 6 heteroatoms. The molecule has 0 spiro atoms. The van der Waals surface area contributed by atoms with Gasteiger partial charge in [-0.2, -0.15) is 4.99 Å². The van der Waals surface area contributed by atoms with Gasteiger partial charge in [-0.25, -0.2) is 0 Å². The van der Waals surface area contributed by atoms with Gasteiger partial charge in [-0.1, -0.05) is 36.4 Å². The van der Waals surface area contributed by atoms with Crippen LogP contribution in [0.25, 0.3) is 0 Å². The van der Waals surface area contributed by atoms with E-state index in [9.17, 15) is 4.55 Å². The van der Waals surface area contributed by atoms with E-state index in [1.165, 1.54) is 0 Å². The van der Waals surface area contributed by atoms with Crippen molar-refractivity contribution in [3.8, 4) is 0 Å². The van der Waals surface area contributed by atoms with E-state index >= 15 is 0 Å². The second-order valence-corrected chi connectivity index (χ2v) is 7.94. The average molecular weight is 379 g/mol. The van der Waals surface area contributed by atoms with Crippen LogP contribution < -0.4 is 15.5 Å². The van der Waals surface area contributed by atoms with Gasteiger partial charge in [0.2, 0.25) is 5.96 Å². The number of hydrogen-bond acceptors (Lipinski definition) is 5. The number of hydrogen-bond donors (Lipinski definition) is 2. The first-order valence-corrected chi connectivity index (χ1v) is 10.3. The lowest BCUT2D eigenvalue weighted by Crippen LogP contribution is -2.47. The van der Waals surface area contributed by atoms with Crippen molar-refractivity contribution in [2.45, 2.75) is 13.0 Å². The van der Waals surface area contributed by atoms with E-state index in [-0.39, 0.29) is 6.04 Å². The molecule has 0 aromatic heterocycles. The Hall–Kier alpha value is -2.70. The Morgan fingerprint density at radius 1 is 1.15 bits per heavy atom. The maximum absolute atomic E-state index is 12.1. The van der Waals surface area contributed by atoms with Crippen LogP contribution in [0.1, 0.15) is 5.56 Å². The largest absolute Gasteiger partial charge is 0.612 e. The minimum absolute atomic E-state index is 0.0205. The Labute approximate surface area is 162 Å². The van der Waals surface area contributed by atoms with Crippen molar-refractivity contribution in [3.05, 3.63) is 83.0 Å². The van der Waals surface area contributed by atoms with E-state index in [0.29, 0.717) is 11.7 Å². The highest BCUT2D eigenvalue weighted by molar-refractivity contribution is 7.94. The topological polar surface area (TPSA) is 62.7 Å². The molecule has 0 aliphatic carbocycles. The smallest absolute Gasteiger partial charge is 0.203 e. The van der Waals surface area contributed by atoms with E-state index in [1.54, 1.807) is 5.41 Å². The summed E-state index contributed by atoms with van der Waals surface area (Å²) in [4.78, 5) is 6.90. The molecule has 2 aromatic rings. The second kappa shape index (κ2) is 7.50. The van der Waals surface area contributed by atoms with E-state index < -0.39 is 11.2 Å². The molecule has 0 saturated heterocycles. The number of nitrogens with zero attached hydrogens (tertiary/aromatic N) is 2. The van der Waals surface area contributed by atoms with Crippen LogP contribution in [0.4, 0.5) is 11.4 Å². The molecule has 2 atom stereocenters. The van der Waals surface area contributed by atoms with Gasteiger partial charge in [0.15, 0.2) is 0 Å². The summed E-state index contributed by atoms with van der Waals surface area (Å²) in [5, 5.41) is 8.58. The number of anilines is 2. The fraction of sp³-hybridized carbons (Fsp3) is 0.190. The van der Waals surface area contributed by atoms with Crippen LogP contribution in [0.2, 0.25) is 0 Å². The Balaban J connectivity index is 1.72. The third-order valence-corrected chi connectivity index (χ3v) is 5.81. The summed E-state index contributed by atoms with van der Waals surface area (Å²) in [6, 6.07) is 18.2. The first-order valence-electron chi connectivity index (χ1n) is 8.87. The molecule has 0 amide bonds. The molecule has 138 valence electrons. The number of para-hydroxylation sites is 2. The first kappa shape index (κ1) is 17.7. The van der Waals surface area contributed by atoms with Crippen LogP contribution in [0.3, 0.4) is 0 Å². The Morgan fingerprint density at radius 3 is 2.67 bits per heavy atom. The van der Waals surface area contributed by atoms with E-state index in [1.807, 2.05) is 61.7 Å². The summed E-state index contributed by atoms with van der Waals surface area (Å²) in [6.07, 6.45) is 1.96. The molecule has 2 aliphatic rings. The number of aryl methyl sites for hydroxylation is 1. The lowest BCUT2D eigenvalue weighted by Gasteiger charge is -2.33. The zero-order chi connectivity index (χ0) is 18.8. The van der Waals surface area contributed by atoms with Crippen molar-refractivity contribution < 1.29 is 4.55 Å². The van der Waals surface area contributed by atoms with Crippen molar-refractivity contribution in [3.63, 3.8) is 0 Å². The lowest BCUT2D eigenvalue weighted by molar-refractivity contribution is 0.600. The molecule has 2 unspecified atom stereocenters. The number of aliphatic imine (C=N–C) groups is 1. The standard InChI is InChI=1S/C21H22N4OS/c1-15-8-6-7-11-18(15)22-21-23-19-12-13-27(26)14-17(19)20(24-21)25(2)16-9-4-3-5-10-16/h3-13,19H,14H2,1-2H3,(H2,22,23,24). The molecule has 27 heavy (non-hydrogen) atoms. The highest BCUT2D eigenvalue weighted by Crippen LogP contribution is 2.28. The fourth-order valence-electron chi connectivity index (χ4n) is 3.24. The molecule has 0 radical (unpaired) electrons. The summed E-state index contributed by atoms with van der Waals surface area (Å²) in [6.45, 7) is 2.06. The van der Waals surface area contributed by atoms with Crippen molar-refractivity contribution in [2.24, 2.45) is 4.99 Å². The minimum Gasteiger partial charge on any atom is -0.612 e. The zero-order valence-electron chi connectivity index (χ0n) is 15.3.